The Hall–Kier alpha value is -2.42. The standard InChI is InChI=1S/C19H20N2O/c1-2-22-16-12-10-15(11-13-16)6-5-9-19-17-7-3-4-8-18(17)20-14-21-19/h3-4,7-8,10-14H,2,5-6,9H2,1H3. The van der Waals surface area contributed by atoms with Gasteiger partial charge in [-0.1, -0.05) is 30.3 Å². The molecule has 0 saturated carbocycles. The third kappa shape index (κ3) is 3.42. The predicted molar refractivity (Wildman–Crippen MR) is 89.2 cm³/mol. The molecule has 3 nitrogen and oxygen atoms in total. The molecule has 0 unspecified atom stereocenters. The van der Waals surface area contributed by atoms with Crippen LogP contribution in [-0.2, 0) is 12.8 Å². The minimum atomic E-state index is 0.708. The number of ether oxygens (including phenoxy) is 1. The van der Waals surface area contributed by atoms with Crippen LogP contribution in [0, 0.1) is 0 Å². The van der Waals surface area contributed by atoms with E-state index in [0.29, 0.717) is 6.61 Å². The van der Waals surface area contributed by atoms with Crippen LogP contribution in [0.3, 0.4) is 0 Å². The number of nitrogens with zero attached hydrogens (tertiary/aromatic N) is 2. The maximum atomic E-state index is 5.47. The molecule has 0 radical (unpaired) electrons. The molecule has 0 bridgehead atoms. The van der Waals surface area contributed by atoms with E-state index >= 15 is 0 Å². The van der Waals surface area contributed by atoms with Crippen molar-refractivity contribution in [1.29, 1.82) is 0 Å². The number of hydrogen-bond acceptors (Lipinski definition) is 3. The molecular formula is C19H20N2O. The van der Waals surface area contributed by atoms with Crippen molar-refractivity contribution in [2.24, 2.45) is 0 Å². The molecule has 3 rings (SSSR count). The van der Waals surface area contributed by atoms with Gasteiger partial charge in [0.2, 0.25) is 0 Å². The third-order valence-corrected chi connectivity index (χ3v) is 3.74. The van der Waals surface area contributed by atoms with Crippen LogP contribution in [0.4, 0.5) is 0 Å². The molecular weight excluding hydrogens is 272 g/mol. The summed E-state index contributed by atoms with van der Waals surface area (Å²) in [6.07, 6.45) is 4.75. The molecule has 0 atom stereocenters. The van der Waals surface area contributed by atoms with Gasteiger partial charge in [0.25, 0.3) is 0 Å². The van der Waals surface area contributed by atoms with Gasteiger partial charge in [0, 0.05) is 5.39 Å². The second-order valence-electron chi connectivity index (χ2n) is 5.27. The Morgan fingerprint density at radius 1 is 0.909 bits per heavy atom. The summed E-state index contributed by atoms with van der Waals surface area (Å²) in [7, 11) is 0. The minimum Gasteiger partial charge on any atom is -0.494 e. The number of rotatable bonds is 6. The van der Waals surface area contributed by atoms with Gasteiger partial charge in [0.15, 0.2) is 0 Å². The van der Waals surface area contributed by atoms with Crippen LogP contribution in [0.2, 0.25) is 0 Å². The monoisotopic (exact) mass is 292 g/mol. The van der Waals surface area contributed by atoms with Gasteiger partial charge < -0.3 is 4.74 Å². The summed E-state index contributed by atoms with van der Waals surface area (Å²) in [6.45, 7) is 2.71. The maximum Gasteiger partial charge on any atom is 0.119 e. The fraction of sp³-hybridized carbons (Fsp3) is 0.263. The van der Waals surface area contributed by atoms with Gasteiger partial charge in [-0.3, -0.25) is 0 Å². The molecule has 2 aromatic carbocycles. The van der Waals surface area contributed by atoms with E-state index in [1.807, 2.05) is 37.3 Å². The van der Waals surface area contributed by atoms with Crippen molar-refractivity contribution in [2.75, 3.05) is 6.61 Å². The van der Waals surface area contributed by atoms with Crippen LogP contribution in [0.25, 0.3) is 10.9 Å². The van der Waals surface area contributed by atoms with Crippen molar-refractivity contribution < 1.29 is 4.74 Å². The highest BCUT2D eigenvalue weighted by Gasteiger charge is 2.03. The van der Waals surface area contributed by atoms with Crippen molar-refractivity contribution in [2.45, 2.75) is 26.2 Å². The van der Waals surface area contributed by atoms with Crippen LogP contribution in [0.5, 0.6) is 5.75 Å². The van der Waals surface area contributed by atoms with Crippen molar-refractivity contribution in [3.8, 4) is 5.75 Å². The van der Waals surface area contributed by atoms with E-state index in [1.54, 1.807) is 6.33 Å². The molecule has 0 aliphatic carbocycles. The normalized spacial score (nSPS) is 10.8. The largest absolute Gasteiger partial charge is 0.494 e. The number of aromatic nitrogens is 2. The zero-order valence-electron chi connectivity index (χ0n) is 12.8. The number of fused-ring (bicyclic) bond motifs is 1. The van der Waals surface area contributed by atoms with Crippen molar-refractivity contribution in [1.82, 2.24) is 9.97 Å². The SMILES string of the molecule is CCOc1ccc(CCCc2ncnc3ccccc23)cc1. The Morgan fingerprint density at radius 2 is 1.73 bits per heavy atom. The Bertz CT molecular complexity index is 733. The highest BCUT2D eigenvalue weighted by atomic mass is 16.5. The number of aryl methyl sites for hydroxylation is 2. The molecule has 0 aliphatic heterocycles. The Balaban J connectivity index is 1.62. The topological polar surface area (TPSA) is 35.0 Å². The first-order valence-electron chi connectivity index (χ1n) is 7.77. The molecule has 0 amide bonds. The molecule has 3 heteroatoms. The Labute approximate surface area is 131 Å². The molecule has 3 aromatic rings. The van der Waals surface area contributed by atoms with E-state index < -0.39 is 0 Å². The van der Waals surface area contributed by atoms with Crippen LogP contribution < -0.4 is 4.74 Å². The van der Waals surface area contributed by atoms with Crippen LogP contribution in [0.1, 0.15) is 24.6 Å². The number of hydrogen-bond donors (Lipinski definition) is 0. The van der Waals surface area contributed by atoms with Gasteiger partial charge >= 0.3 is 0 Å². The van der Waals surface area contributed by atoms with E-state index in [-0.39, 0.29) is 0 Å². The van der Waals surface area contributed by atoms with E-state index in [2.05, 4.69) is 28.2 Å². The van der Waals surface area contributed by atoms with Crippen LogP contribution in [0.15, 0.2) is 54.9 Å². The fourth-order valence-electron chi connectivity index (χ4n) is 2.64. The highest BCUT2D eigenvalue weighted by molar-refractivity contribution is 5.80. The third-order valence-electron chi connectivity index (χ3n) is 3.74. The van der Waals surface area contributed by atoms with Crippen molar-refractivity contribution in [3.63, 3.8) is 0 Å². The van der Waals surface area contributed by atoms with Crippen LogP contribution >= 0.6 is 0 Å². The average Bonchev–Trinajstić information content (AvgIpc) is 2.57. The van der Waals surface area contributed by atoms with E-state index in [4.69, 9.17) is 4.74 Å². The maximum absolute atomic E-state index is 5.47. The lowest BCUT2D eigenvalue weighted by molar-refractivity contribution is 0.340. The first-order chi connectivity index (χ1) is 10.9. The molecule has 112 valence electrons. The van der Waals surface area contributed by atoms with Gasteiger partial charge in [-0.15, -0.1) is 0 Å². The van der Waals surface area contributed by atoms with E-state index in [0.717, 1.165) is 41.6 Å². The quantitative estimate of drug-likeness (QED) is 0.683. The van der Waals surface area contributed by atoms with E-state index in [1.165, 1.54) is 5.56 Å². The van der Waals surface area contributed by atoms with Gasteiger partial charge in [-0.25, -0.2) is 9.97 Å². The average molecular weight is 292 g/mol. The zero-order valence-corrected chi connectivity index (χ0v) is 12.8. The summed E-state index contributed by atoms with van der Waals surface area (Å²) in [5, 5.41) is 1.16. The number of benzene rings is 2. The summed E-state index contributed by atoms with van der Waals surface area (Å²) in [4.78, 5) is 8.76. The zero-order chi connectivity index (χ0) is 15.2. The van der Waals surface area contributed by atoms with Gasteiger partial charge in [0.1, 0.15) is 12.1 Å². The second-order valence-corrected chi connectivity index (χ2v) is 5.27. The lowest BCUT2D eigenvalue weighted by Crippen LogP contribution is -1.96. The van der Waals surface area contributed by atoms with Gasteiger partial charge in [0.05, 0.1) is 17.8 Å². The summed E-state index contributed by atoms with van der Waals surface area (Å²) in [6, 6.07) is 16.6. The van der Waals surface area contributed by atoms with Crippen molar-refractivity contribution >= 4 is 10.9 Å². The Kier molecular flexibility index (Phi) is 4.64. The smallest absolute Gasteiger partial charge is 0.119 e. The fourth-order valence-corrected chi connectivity index (χ4v) is 2.64. The van der Waals surface area contributed by atoms with Crippen molar-refractivity contribution in [3.05, 3.63) is 66.1 Å². The Morgan fingerprint density at radius 3 is 2.55 bits per heavy atom. The summed E-state index contributed by atoms with van der Waals surface area (Å²) in [5.74, 6) is 0.938. The highest BCUT2D eigenvalue weighted by Crippen LogP contribution is 2.17. The first kappa shape index (κ1) is 14.5. The molecule has 0 saturated heterocycles. The lowest BCUT2D eigenvalue weighted by atomic mass is 10.0. The minimum absolute atomic E-state index is 0.708. The number of para-hydroxylation sites is 1. The molecule has 0 N–H and O–H groups in total. The molecule has 1 aromatic heterocycles. The van der Waals surface area contributed by atoms with Gasteiger partial charge in [-0.2, -0.15) is 0 Å². The van der Waals surface area contributed by atoms with Gasteiger partial charge in [-0.05, 0) is 49.9 Å². The molecule has 0 aliphatic rings. The second kappa shape index (κ2) is 7.03. The predicted octanol–water partition coefficient (Wildman–Crippen LogP) is 4.20. The molecule has 0 fully saturated rings. The lowest BCUT2D eigenvalue weighted by Gasteiger charge is -2.06. The molecule has 1 heterocycles. The van der Waals surface area contributed by atoms with Crippen LogP contribution in [-0.4, -0.2) is 16.6 Å². The summed E-state index contributed by atoms with van der Waals surface area (Å²) < 4.78 is 5.47. The summed E-state index contributed by atoms with van der Waals surface area (Å²) >= 11 is 0. The van der Waals surface area contributed by atoms with E-state index in [9.17, 15) is 0 Å². The summed E-state index contributed by atoms with van der Waals surface area (Å²) in [5.41, 5.74) is 3.49. The molecule has 0 spiro atoms. The molecule has 22 heavy (non-hydrogen) atoms. The first-order valence-corrected chi connectivity index (χ1v) is 7.77.